The Morgan fingerprint density at radius 2 is 1.72 bits per heavy atom. The quantitative estimate of drug-likeness (QED) is 0.329. The van der Waals surface area contributed by atoms with Crippen LogP contribution in [0, 0.1) is 15.9 Å². The standard InChI is InChI=1S/C23H25FN2O6/c24-18-12-10-17(11-13-18)14-25(19-6-2-1-3-7-19)22(27)15-32-23(28)16-31-21-9-5-4-8-20(21)26(29)30/h4-5,8-13,19H,1-3,6-7,14-16H2. The van der Waals surface area contributed by atoms with Gasteiger partial charge in [-0.1, -0.05) is 43.5 Å². The van der Waals surface area contributed by atoms with Crippen LogP contribution in [0.5, 0.6) is 5.75 Å². The molecular formula is C23H25FN2O6. The molecule has 0 radical (unpaired) electrons. The Bertz CT molecular complexity index is 944. The molecule has 32 heavy (non-hydrogen) atoms. The molecule has 0 heterocycles. The normalized spacial score (nSPS) is 13.9. The van der Waals surface area contributed by atoms with Crippen molar-refractivity contribution in [3.63, 3.8) is 0 Å². The topological polar surface area (TPSA) is 99.0 Å². The number of nitrogens with zero attached hydrogens (tertiary/aromatic N) is 2. The number of para-hydroxylation sites is 2. The van der Waals surface area contributed by atoms with E-state index >= 15 is 0 Å². The molecule has 1 aliphatic carbocycles. The molecule has 1 aliphatic rings. The Hall–Kier alpha value is -3.49. The smallest absolute Gasteiger partial charge is 0.344 e. The van der Waals surface area contributed by atoms with Gasteiger partial charge in [0, 0.05) is 18.7 Å². The van der Waals surface area contributed by atoms with Gasteiger partial charge < -0.3 is 14.4 Å². The molecule has 0 aromatic heterocycles. The average Bonchev–Trinajstić information content (AvgIpc) is 2.81. The molecule has 3 rings (SSSR count). The van der Waals surface area contributed by atoms with Crippen LogP contribution in [0.25, 0.3) is 0 Å². The fourth-order valence-electron chi connectivity index (χ4n) is 3.73. The van der Waals surface area contributed by atoms with E-state index in [2.05, 4.69) is 0 Å². The first-order chi connectivity index (χ1) is 15.4. The first kappa shape index (κ1) is 23.2. The van der Waals surface area contributed by atoms with Gasteiger partial charge in [-0.15, -0.1) is 0 Å². The molecule has 0 N–H and O–H groups in total. The molecule has 1 fully saturated rings. The molecule has 1 saturated carbocycles. The monoisotopic (exact) mass is 444 g/mol. The first-order valence-corrected chi connectivity index (χ1v) is 10.5. The third-order valence-corrected chi connectivity index (χ3v) is 5.37. The van der Waals surface area contributed by atoms with Crippen molar-refractivity contribution >= 4 is 17.6 Å². The summed E-state index contributed by atoms with van der Waals surface area (Å²) in [5, 5.41) is 11.0. The lowest BCUT2D eigenvalue weighted by molar-refractivity contribution is -0.385. The number of benzene rings is 2. The summed E-state index contributed by atoms with van der Waals surface area (Å²) >= 11 is 0. The molecule has 0 aliphatic heterocycles. The average molecular weight is 444 g/mol. The Balaban J connectivity index is 1.57. The summed E-state index contributed by atoms with van der Waals surface area (Å²) < 4.78 is 23.5. The summed E-state index contributed by atoms with van der Waals surface area (Å²) in [7, 11) is 0. The molecule has 1 amide bonds. The molecule has 0 bridgehead atoms. The second-order valence-corrected chi connectivity index (χ2v) is 7.61. The van der Waals surface area contributed by atoms with Crippen LogP contribution in [0.15, 0.2) is 48.5 Å². The van der Waals surface area contributed by atoms with E-state index < -0.39 is 24.1 Å². The minimum absolute atomic E-state index is 0.0308. The Morgan fingerprint density at radius 3 is 2.41 bits per heavy atom. The van der Waals surface area contributed by atoms with Crippen LogP contribution < -0.4 is 4.74 Å². The maximum atomic E-state index is 13.2. The largest absolute Gasteiger partial charge is 0.475 e. The summed E-state index contributed by atoms with van der Waals surface area (Å²) in [5.74, 6) is -1.56. The number of carbonyl (C=O) groups is 2. The van der Waals surface area contributed by atoms with Gasteiger partial charge in [-0.25, -0.2) is 9.18 Å². The minimum Gasteiger partial charge on any atom is -0.475 e. The highest BCUT2D eigenvalue weighted by atomic mass is 19.1. The van der Waals surface area contributed by atoms with Gasteiger partial charge in [0.25, 0.3) is 5.91 Å². The van der Waals surface area contributed by atoms with E-state index in [4.69, 9.17) is 9.47 Å². The summed E-state index contributed by atoms with van der Waals surface area (Å²) in [6.07, 6.45) is 4.87. The van der Waals surface area contributed by atoms with Gasteiger partial charge in [-0.05, 0) is 36.6 Å². The maximum absolute atomic E-state index is 13.2. The van der Waals surface area contributed by atoms with Crippen LogP contribution in [0.3, 0.4) is 0 Å². The number of amides is 1. The predicted octanol–water partition coefficient (Wildman–Crippen LogP) is 4.02. The van der Waals surface area contributed by atoms with Crippen molar-refractivity contribution in [2.75, 3.05) is 13.2 Å². The fraction of sp³-hybridized carbons (Fsp3) is 0.391. The van der Waals surface area contributed by atoms with Crippen molar-refractivity contribution in [2.24, 2.45) is 0 Å². The number of nitro benzene ring substituents is 1. The van der Waals surface area contributed by atoms with Gasteiger partial charge in [0.1, 0.15) is 5.82 Å². The second-order valence-electron chi connectivity index (χ2n) is 7.61. The van der Waals surface area contributed by atoms with E-state index in [-0.39, 0.29) is 29.2 Å². The number of ether oxygens (including phenoxy) is 2. The molecule has 170 valence electrons. The summed E-state index contributed by atoms with van der Waals surface area (Å²) in [6, 6.07) is 11.7. The molecule has 8 nitrogen and oxygen atoms in total. The highest BCUT2D eigenvalue weighted by molar-refractivity contribution is 5.81. The number of esters is 1. The van der Waals surface area contributed by atoms with Crippen molar-refractivity contribution in [2.45, 2.75) is 44.7 Å². The lowest BCUT2D eigenvalue weighted by Crippen LogP contribution is -2.43. The molecule has 0 unspecified atom stereocenters. The van der Waals surface area contributed by atoms with Crippen LogP contribution in [0.4, 0.5) is 10.1 Å². The van der Waals surface area contributed by atoms with Crippen LogP contribution in [0.2, 0.25) is 0 Å². The van der Waals surface area contributed by atoms with Crippen molar-refractivity contribution in [3.05, 3.63) is 70.0 Å². The number of halogens is 1. The van der Waals surface area contributed by atoms with Crippen LogP contribution in [-0.2, 0) is 20.9 Å². The number of rotatable bonds is 9. The van der Waals surface area contributed by atoms with Gasteiger partial charge in [0.05, 0.1) is 4.92 Å². The Morgan fingerprint density at radius 1 is 1.03 bits per heavy atom. The summed E-state index contributed by atoms with van der Waals surface area (Å²) in [5.41, 5.74) is 0.524. The van der Waals surface area contributed by atoms with Gasteiger partial charge in [0.15, 0.2) is 19.0 Å². The zero-order chi connectivity index (χ0) is 22.9. The van der Waals surface area contributed by atoms with Gasteiger partial charge in [-0.3, -0.25) is 14.9 Å². The number of hydrogen-bond acceptors (Lipinski definition) is 6. The van der Waals surface area contributed by atoms with E-state index in [1.165, 1.54) is 30.3 Å². The zero-order valence-corrected chi connectivity index (χ0v) is 17.6. The molecule has 0 saturated heterocycles. The lowest BCUT2D eigenvalue weighted by atomic mass is 9.93. The van der Waals surface area contributed by atoms with Crippen molar-refractivity contribution in [3.8, 4) is 5.75 Å². The number of hydrogen-bond donors (Lipinski definition) is 0. The fourth-order valence-corrected chi connectivity index (χ4v) is 3.73. The van der Waals surface area contributed by atoms with Gasteiger partial charge in [-0.2, -0.15) is 0 Å². The lowest BCUT2D eigenvalue weighted by Gasteiger charge is -2.34. The van der Waals surface area contributed by atoms with E-state index in [1.54, 1.807) is 23.1 Å². The third kappa shape index (κ3) is 6.50. The van der Waals surface area contributed by atoms with E-state index in [0.29, 0.717) is 6.54 Å². The van der Waals surface area contributed by atoms with E-state index in [1.807, 2.05) is 0 Å². The predicted molar refractivity (Wildman–Crippen MR) is 113 cm³/mol. The Kier molecular flexibility index (Phi) is 8.13. The molecule has 0 spiro atoms. The highest BCUT2D eigenvalue weighted by Gasteiger charge is 2.26. The molecule has 9 heteroatoms. The molecular weight excluding hydrogens is 419 g/mol. The van der Waals surface area contributed by atoms with E-state index in [9.17, 15) is 24.1 Å². The highest BCUT2D eigenvalue weighted by Crippen LogP contribution is 2.26. The summed E-state index contributed by atoms with van der Waals surface area (Å²) in [4.78, 5) is 37.0. The molecule has 2 aromatic carbocycles. The van der Waals surface area contributed by atoms with Crippen molar-refractivity contribution < 1.29 is 28.4 Å². The molecule has 0 atom stereocenters. The van der Waals surface area contributed by atoms with Crippen LogP contribution >= 0.6 is 0 Å². The Labute approximate surface area is 185 Å². The van der Waals surface area contributed by atoms with Crippen molar-refractivity contribution in [1.29, 1.82) is 0 Å². The van der Waals surface area contributed by atoms with Gasteiger partial charge >= 0.3 is 11.7 Å². The van der Waals surface area contributed by atoms with Gasteiger partial charge in [0.2, 0.25) is 0 Å². The SMILES string of the molecule is O=C(COc1ccccc1[N+](=O)[O-])OCC(=O)N(Cc1ccc(F)cc1)C1CCCCC1. The summed E-state index contributed by atoms with van der Waals surface area (Å²) in [6.45, 7) is -0.718. The van der Waals surface area contributed by atoms with E-state index in [0.717, 1.165) is 37.7 Å². The molecule has 2 aromatic rings. The maximum Gasteiger partial charge on any atom is 0.344 e. The second kappa shape index (κ2) is 11.2. The van der Waals surface area contributed by atoms with Crippen LogP contribution in [0.1, 0.15) is 37.7 Å². The minimum atomic E-state index is -0.804. The first-order valence-electron chi connectivity index (χ1n) is 10.5. The van der Waals surface area contributed by atoms with Crippen LogP contribution in [-0.4, -0.2) is 41.0 Å². The van der Waals surface area contributed by atoms with Crippen molar-refractivity contribution in [1.82, 2.24) is 4.90 Å². The third-order valence-electron chi connectivity index (χ3n) is 5.37. The number of carbonyl (C=O) groups excluding carboxylic acids is 2. The zero-order valence-electron chi connectivity index (χ0n) is 17.6. The number of nitro groups is 1.